The van der Waals surface area contributed by atoms with Crippen molar-refractivity contribution in [2.45, 2.75) is 40.0 Å². The second-order valence-corrected chi connectivity index (χ2v) is 9.41. The van der Waals surface area contributed by atoms with Gasteiger partial charge in [-0.1, -0.05) is 73.7 Å². The number of thiophene rings is 1. The third kappa shape index (κ3) is 4.91. The molecule has 0 saturated carbocycles. The van der Waals surface area contributed by atoms with E-state index in [2.05, 4.69) is 99.4 Å². The van der Waals surface area contributed by atoms with Gasteiger partial charge in [0.15, 0.2) is 0 Å². The fourth-order valence-corrected chi connectivity index (χ4v) is 5.38. The lowest BCUT2D eigenvalue weighted by Gasteiger charge is -2.13. The molecule has 0 bridgehead atoms. The van der Waals surface area contributed by atoms with Crippen LogP contribution in [0.5, 0.6) is 0 Å². The molecule has 0 fully saturated rings. The molecule has 1 aliphatic rings. The number of hydrogen-bond acceptors (Lipinski definition) is 2. The van der Waals surface area contributed by atoms with Gasteiger partial charge < -0.3 is 5.32 Å². The van der Waals surface area contributed by atoms with Gasteiger partial charge in [-0.2, -0.15) is 0 Å². The van der Waals surface area contributed by atoms with Crippen molar-refractivity contribution in [3.8, 4) is 21.6 Å². The molecule has 4 rings (SSSR count). The second-order valence-electron chi connectivity index (χ2n) is 8.35. The average Bonchev–Trinajstić information content (AvgIpc) is 3.23. The van der Waals surface area contributed by atoms with Gasteiger partial charge in [0.25, 0.3) is 0 Å². The van der Waals surface area contributed by atoms with Crippen LogP contribution in [0.4, 0.5) is 0 Å². The van der Waals surface area contributed by atoms with E-state index < -0.39 is 0 Å². The van der Waals surface area contributed by atoms with Crippen LogP contribution >= 0.6 is 11.3 Å². The first-order valence-electron chi connectivity index (χ1n) is 11.1. The lowest BCUT2D eigenvalue weighted by Crippen LogP contribution is -2.14. The maximum atomic E-state index is 4.35. The number of nitrogens with one attached hydrogen (secondary N) is 1. The van der Waals surface area contributed by atoms with Crippen LogP contribution in [0.1, 0.15) is 42.7 Å². The summed E-state index contributed by atoms with van der Waals surface area (Å²) in [4.78, 5) is 2.59. The number of rotatable bonds is 7. The van der Waals surface area contributed by atoms with E-state index in [1.54, 1.807) is 0 Å². The third-order valence-corrected chi connectivity index (χ3v) is 7.23. The smallest absolute Gasteiger partial charge is 0.0505 e. The molecule has 1 heterocycles. The monoisotopic (exact) mass is 425 g/mol. The number of hydrogen-bond donors (Lipinski definition) is 1. The zero-order valence-corrected chi connectivity index (χ0v) is 19.6. The summed E-state index contributed by atoms with van der Waals surface area (Å²) >= 11 is 1.85. The number of benzene rings is 2. The fraction of sp³-hybridized carbons (Fsp3) is 0.241. The van der Waals surface area contributed by atoms with Crippen LogP contribution in [0, 0.1) is 6.92 Å². The van der Waals surface area contributed by atoms with Crippen LogP contribution in [0.15, 0.2) is 84.5 Å². The van der Waals surface area contributed by atoms with Crippen LogP contribution in [0.25, 0.3) is 27.3 Å². The minimum Gasteiger partial charge on any atom is -0.380 e. The Morgan fingerprint density at radius 3 is 2.58 bits per heavy atom. The van der Waals surface area contributed by atoms with Crippen LogP contribution in [0.3, 0.4) is 0 Å². The van der Waals surface area contributed by atoms with Crippen molar-refractivity contribution in [3.63, 3.8) is 0 Å². The predicted octanol–water partition coefficient (Wildman–Crippen LogP) is 8.18. The summed E-state index contributed by atoms with van der Waals surface area (Å²) in [6, 6.07) is 19.8. The molecule has 2 heteroatoms. The summed E-state index contributed by atoms with van der Waals surface area (Å²) in [6.45, 7) is 11.9. The maximum absolute atomic E-state index is 4.35. The highest BCUT2D eigenvalue weighted by atomic mass is 32.1. The first-order chi connectivity index (χ1) is 15.0. The molecule has 1 aliphatic carbocycles. The van der Waals surface area contributed by atoms with Gasteiger partial charge >= 0.3 is 0 Å². The molecule has 0 spiro atoms. The van der Waals surface area contributed by atoms with Crippen molar-refractivity contribution in [2.24, 2.45) is 0 Å². The Hall–Kier alpha value is -2.84. The van der Waals surface area contributed by atoms with E-state index in [9.17, 15) is 0 Å². The summed E-state index contributed by atoms with van der Waals surface area (Å²) in [6.07, 6.45) is 7.98. The van der Waals surface area contributed by atoms with Gasteiger partial charge in [0.05, 0.1) is 4.88 Å². The molecular formula is C29H31NS. The van der Waals surface area contributed by atoms with Gasteiger partial charge in [0.1, 0.15) is 0 Å². The highest BCUT2D eigenvalue weighted by Gasteiger charge is 2.15. The largest absolute Gasteiger partial charge is 0.380 e. The lowest BCUT2D eigenvalue weighted by molar-refractivity contribution is 0.901. The van der Waals surface area contributed by atoms with E-state index in [1.807, 2.05) is 11.3 Å². The molecular weight excluding hydrogens is 394 g/mol. The second kappa shape index (κ2) is 9.53. The SMILES string of the molecule is C=C(NCC1=CCCC(C)=C1)c1cc(CC)c(-c2cc(-c3ccccc3)ccc2C)s1. The van der Waals surface area contributed by atoms with E-state index in [1.165, 1.54) is 55.1 Å². The average molecular weight is 426 g/mol. The minimum atomic E-state index is 0.841. The molecule has 0 amide bonds. The molecule has 1 aromatic heterocycles. The van der Waals surface area contributed by atoms with Crippen molar-refractivity contribution in [1.82, 2.24) is 5.32 Å². The summed E-state index contributed by atoms with van der Waals surface area (Å²) in [5, 5.41) is 3.56. The molecule has 158 valence electrons. The normalized spacial score (nSPS) is 13.5. The Bertz CT molecular complexity index is 1140. The standard InChI is InChI=1S/C29H31NS/c1-5-24-18-28(22(4)30-19-23-11-9-10-20(2)16-23)31-29(24)27-17-26(15-14-21(27)3)25-12-7-6-8-13-25/h6-8,11-18,30H,4-5,9-10,19H2,1-3H3. The molecule has 0 radical (unpaired) electrons. The Balaban J connectivity index is 1.60. The van der Waals surface area contributed by atoms with E-state index in [0.29, 0.717) is 0 Å². The van der Waals surface area contributed by atoms with Crippen molar-refractivity contribution in [1.29, 1.82) is 0 Å². The molecule has 2 aromatic carbocycles. The fourth-order valence-electron chi connectivity index (χ4n) is 4.10. The third-order valence-electron chi connectivity index (χ3n) is 5.96. The van der Waals surface area contributed by atoms with Crippen molar-refractivity contribution < 1.29 is 0 Å². The molecule has 1 nitrogen and oxygen atoms in total. The van der Waals surface area contributed by atoms with Crippen LogP contribution < -0.4 is 5.32 Å². The molecule has 3 aromatic rings. The lowest BCUT2D eigenvalue weighted by atomic mass is 9.97. The van der Waals surface area contributed by atoms with Gasteiger partial charge in [-0.3, -0.25) is 0 Å². The van der Waals surface area contributed by atoms with Crippen LogP contribution in [0.2, 0.25) is 0 Å². The van der Waals surface area contributed by atoms with Crippen LogP contribution in [-0.2, 0) is 6.42 Å². The number of allylic oxidation sites excluding steroid dienone is 2. The summed E-state index contributed by atoms with van der Waals surface area (Å²) in [7, 11) is 0. The van der Waals surface area contributed by atoms with Gasteiger partial charge in [0.2, 0.25) is 0 Å². The molecule has 1 N–H and O–H groups in total. The quantitative estimate of drug-likeness (QED) is 0.402. The van der Waals surface area contributed by atoms with Gasteiger partial charge in [-0.15, -0.1) is 11.3 Å². The summed E-state index contributed by atoms with van der Waals surface area (Å²) < 4.78 is 0. The highest BCUT2D eigenvalue weighted by molar-refractivity contribution is 7.16. The zero-order valence-electron chi connectivity index (χ0n) is 18.8. The van der Waals surface area contributed by atoms with E-state index in [4.69, 9.17) is 0 Å². The van der Waals surface area contributed by atoms with Gasteiger partial charge in [-0.05, 0) is 78.6 Å². The molecule has 0 unspecified atom stereocenters. The van der Waals surface area contributed by atoms with Crippen molar-refractivity contribution in [3.05, 3.63) is 100 Å². The number of aryl methyl sites for hydroxylation is 2. The maximum Gasteiger partial charge on any atom is 0.0505 e. The molecule has 0 aliphatic heterocycles. The molecule has 0 saturated heterocycles. The van der Waals surface area contributed by atoms with Crippen molar-refractivity contribution in [2.75, 3.05) is 6.54 Å². The Morgan fingerprint density at radius 1 is 1.03 bits per heavy atom. The molecule has 0 atom stereocenters. The Morgan fingerprint density at radius 2 is 1.84 bits per heavy atom. The minimum absolute atomic E-state index is 0.841. The summed E-state index contributed by atoms with van der Waals surface area (Å²) in [5.74, 6) is 0. The van der Waals surface area contributed by atoms with E-state index in [0.717, 1.165) is 25.1 Å². The van der Waals surface area contributed by atoms with Crippen molar-refractivity contribution >= 4 is 17.0 Å². The first kappa shape index (κ1) is 21.4. The Kier molecular flexibility index (Phi) is 6.58. The predicted molar refractivity (Wildman–Crippen MR) is 137 cm³/mol. The molecule has 31 heavy (non-hydrogen) atoms. The highest BCUT2D eigenvalue weighted by Crippen LogP contribution is 2.39. The van der Waals surface area contributed by atoms with E-state index >= 15 is 0 Å². The van der Waals surface area contributed by atoms with Gasteiger partial charge in [-0.25, -0.2) is 0 Å². The van der Waals surface area contributed by atoms with Crippen LogP contribution in [-0.4, -0.2) is 6.54 Å². The Labute approximate surface area is 190 Å². The van der Waals surface area contributed by atoms with Gasteiger partial charge in [0, 0.05) is 17.1 Å². The van der Waals surface area contributed by atoms with E-state index in [-0.39, 0.29) is 0 Å². The first-order valence-corrected chi connectivity index (χ1v) is 11.9. The topological polar surface area (TPSA) is 12.0 Å². The zero-order chi connectivity index (χ0) is 21.8. The summed E-state index contributed by atoms with van der Waals surface area (Å²) in [5.41, 5.74) is 10.4.